The van der Waals surface area contributed by atoms with Crippen LogP contribution in [0.15, 0.2) is 73.1 Å². The summed E-state index contributed by atoms with van der Waals surface area (Å²) in [6, 6.07) is 18.3. The number of nitro groups is 1. The molecule has 0 amide bonds. The van der Waals surface area contributed by atoms with Crippen LogP contribution in [-0.4, -0.2) is 48.7 Å². The van der Waals surface area contributed by atoms with Crippen LogP contribution in [-0.2, 0) is 34.8 Å². The summed E-state index contributed by atoms with van der Waals surface area (Å²) in [7, 11) is 7.07. The molecule has 6 aromatic rings. The topological polar surface area (TPSA) is 149 Å². The van der Waals surface area contributed by atoms with Gasteiger partial charge in [0.2, 0.25) is 0 Å². The van der Waals surface area contributed by atoms with Crippen molar-refractivity contribution < 1.29 is 14.4 Å². The van der Waals surface area contributed by atoms with Crippen LogP contribution in [0.5, 0.6) is 0 Å². The SMILES string of the molecule is COC(C)(C)c1cc(-c2nn(C)c3ccc(N)cc23)ccn1.COC(C)(C)c1cc(-c2nn(C)c3ccc([N+](=O)[O-])cc23)ccn1. The highest BCUT2D eigenvalue weighted by atomic mass is 16.6. The Morgan fingerprint density at radius 1 is 0.717 bits per heavy atom. The molecule has 0 saturated carbocycles. The van der Waals surface area contributed by atoms with Gasteiger partial charge < -0.3 is 15.2 Å². The number of ether oxygens (including phenoxy) is 2. The van der Waals surface area contributed by atoms with Gasteiger partial charge in [0.05, 0.1) is 27.3 Å². The van der Waals surface area contributed by atoms with E-state index in [-0.39, 0.29) is 5.69 Å². The van der Waals surface area contributed by atoms with Gasteiger partial charge >= 0.3 is 0 Å². The standard InChI is InChI=1S/C17H18N4O3.C17H20N4O/c1-17(2,24-4)15-9-11(7-8-18-15)16-13-10-12(21(22)23)5-6-14(13)20(3)19-16;1-17(2,22-4)15-9-11(7-8-19-15)16-13-10-12(18)5-6-14(13)21(3)20-16/h5-10H,1-4H3;5-10H,18H2,1-4H3. The molecule has 0 radical (unpaired) electrons. The highest BCUT2D eigenvalue weighted by molar-refractivity contribution is 5.96. The number of non-ortho nitro benzene ring substituents is 1. The van der Waals surface area contributed by atoms with Crippen LogP contribution in [0.3, 0.4) is 0 Å². The minimum atomic E-state index is -0.535. The van der Waals surface area contributed by atoms with E-state index in [1.54, 1.807) is 43.4 Å². The second kappa shape index (κ2) is 12.3. The number of benzene rings is 2. The van der Waals surface area contributed by atoms with Crippen molar-refractivity contribution in [2.45, 2.75) is 38.9 Å². The molecular formula is C34H38N8O4. The number of hydrogen-bond acceptors (Lipinski definition) is 9. The van der Waals surface area contributed by atoms with Gasteiger partial charge in [-0.3, -0.25) is 29.4 Å². The van der Waals surface area contributed by atoms with E-state index in [2.05, 4.69) is 20.2 Å². The van der Waals surface area contributed by atoms with E-state index in [4.69, 9.17) is 15.2 Å². The summed E-state index contributed by atoms with van der Waals surface area (Å²) in [5.74, 6) is 0. The lowest BCUT2D eigenvalue weighted by Gasteiger charge is -2.22. The predicted octanol–water partition coefficient (Wildman–Crippen LogP) is 6.52. The Morgan fingerprint density at radius 3 is 1.63 bits per heavy atom. The molecule has 0 bridgehead atoms. The molecule has 238 valence electrons. The fraction of sp³-hybridized carbons (Fsp3) is 0.294. The predicted molar refractivity (Wildman–Crippen MR) is 179 cm³/mol. The third-order valence-electron chi connectivity index (χ3n) is 8.24. The lowest BCUT2D eigenvalue weighted by molar-refractivity contribution is -0.384. The molecule has 4 aromatic heterocycles. The van der Waals surface area contributed by atoms with E-state index in [9.17, 15) is 10.1 Å². The van der Waals surface area contributed by atoms with Crippen LogP contribution in [0.4, 0.5) is 11.4 Å². The van der Waals surface area contributed by atoms with Crippen molar-refractivity contribution in [1.82, 2.24) is 29.5 Å². The smallest absolute Gasteiger partial charge is 0.270 e. The Balaban J connectivity index is 0.000000182. The normalized spacial score (nSPS) is 11.9. The summed E-state index contributed by atoms with van der Waals surface area (Å²) < 4.78 is 14.6. The number of hydrogen-bond donors (Lipinski definition) is 1. The summed E-state index contributed by atoms with van der Waals surface area (Å²) in [5, 5.41) is 22.0. The largest absolute Gasteiger partial charge is 0.399 e. The molecule has 0 unspecified atom stereocenters. The van der Waals surface area contributed by atoms with Crippen molar-refractivity contribution in [2.75, 3.05) is 20.0 Å². The summed E-state index contributed by atoms with van der Waals surface area (Å²) in [5.41, 5.74) is 12.7. The Labute approximate surface area is 266 Å². The molecular weight excluding hydrogens is 584 g/mol. The molecule has 46 heavy (non-hydrogen) atoms. The molecule has 0 atom stereocenters. The molecule has 12 nitrogen and oxygen atoms in total. The number of nitro benzene ring substituents is 1. The third kappa shape index (κ3) is 6.17. The first-order valence-electron chi connectivity index (χ1n) is 14.6. The lowest BCUT2D eigenvalue weighted by atomic mass is 10.0. The third-order valence-corrected chi connectivity index (χ3v) is 8.24. The Bertz CT molecular complexity index is 2060. The Morgan fingerprint density at radius 2 is 1.17 bits per heavy atom. The zero-order valence-electron chi connectivity index (χ0n) is 27.3. The molecule has 2 N–H and O–H groups in total. The molecule has 0 aliphatic carbocycles. The number of pyridine rings is 2. The maximum Gasteiger partial charge on any atom is 0.270 e. The van der Waals surface area contributed by atoms with E-state index in [1.165, 1.54) is 6.07 Å². The zero-order valence-corrected chi connectivity index (χ0v) is 27.3. The molecule has 0 fully saturated rings. The summed E-state index contributed by atoms with van der Waals surface area (Å²) >= 11 is 0. The molecule has 2 aromatic carbocycles. The lowest BCUT2D eigenvalue weighted by Crippen LogP contribution is -2.20. The Hall–Kier alpha value is -5.20. The highest BCUT2D eigenvalue weighted by Gasteiger charge is 2.24. The molecule has 4 heterocycles. The number of nitrogen functional groups attached to an aromatic ring is 1. The van der Waals surface area contributed by atoms with Gasteiger partial charge in [0.1, 0.15) is 22.6 Å². The van der Waals surface area contributed by atoms with Gasteiger partial charge in [0.15, 0.2) is 0 Å². The van der Waals surface area contributed by atoms with Crippen LogP contribution >= 0.6 is 0 Å². The van der Waals surface area contributed by atoms with Gasteiger partial charge in [-0.05, 0) is 76.2 Å². The van der Waals surface area contributed by atoms with Gasteiger partial charge in [-0.2, -0.15) is 10.2 Å². The summed E-state index contributed by atoms with van der Waals surface area (Å²) in [4.78, 5) is 19.5. The van der Waals surface area contributed by atoms with Gasteiger partial charge in [0, 0.05) is 80.4 Å². The maximum atomic E-state index is 11.1. The van der Waals surface area contributed by atoms with Crippen LogP contribution in [0.25, 0.3) is 44.3 Å². The molecule has 0 spiro atoms. The second-order valence-corrected chi connectivity index (χ2v) is 12.0. The van der Waals surface area contributed by atoms with E-state index in [1.807, 2.05) is 88.9 Å². The quantitative estimate of drug-likeness (QED) is 0.119. The number of fused-ring (bicyclic) bond motifs is 2. The number of aromatic nitrogens is 6. The van der Waals surface area contributed by atoms with Gasteiger partial charge in [-0.1, -0.05) is 0 Å². The molecule has 0 aliphatic rings. The van der Waals surface area contributed by atoms with Crippen LogP contribution in [0, 0.1) is 10.1 Å². The molecule has 6 rings (SSSR count). The van der Waals surface area contributed by atoms with E-state index in [0.717, 1.165) is 55.7 Å². The van der Waals surface area contributed by atoms with E-state index >= 15 is 0 Å². The van der Waals surface area contributed by atoms with Crippen molar-refractivity contribution in [1.29, 1.82) is 0 Å². The highest BCUT2D eigenvalue weighted by Crippen LogP contribution is 2.33. The van der Waals surface area contributed by atoms with Crippen molar-refractivity contribution in [3.05, 3.63) is 94.6 Å². The number of nitrogens with two attached hydrogens (primary N) is 1. The van der Waals surface area contributed by atoms with Crippen molar-refractivity contribution in [2.24, 2.45) is 14.1 Å². The number of methoxy groups -OCH3 is 2. The maximum absolute atomic E-state index is 11.1. The first kappa shape index (κ1) is 32.2. The van der Waals surface area contributed by atoms with Crippen molar-refractivity contribution in [3.8, 4) is 22.5 Å². The van der Waals surface area contributed by atoms with E-state index < -0.39 is 16.1 Å². The zero-order chi connectivity index (χ0) is 33.4. The summed E-state index contributed by atoms with van der Waals surface area (Å²) in [6.45, 7) is 7.85. The average molecular weight is 623 g/mol. The number of anilines is 1. The number of nitrogens with zero attached hydrogens (tertiary/aromatic N) is 7. The Kier molecular flexibility index (Phi) is 8.61. The minimum Gasteiger partial charge on any atom is -0.399 e. The number of rotatable bonds is 7. The van der Waals surface area contributed by atoms with Crippen LogP contribution < -0.4 is 5.73 Å². The fourth-order valence-electron chi connectivity index (χ4n) is 5.10. The second-order valence-electron chi connectivity index (χ2n) is 12.0. The van der Waals surface area contributed by atoms with Gasteiger partial charge in [-0.15, -0.1) is 0 Å². The first-order chi connectivity index (χ1) is 21.8. The summed E-state index contributed by atoms with van der Waals surface area (Å²) in [6.07, 6.45) is 3.49. The number of aryl methyl sites for hydroxylation is 2. The van der Waals surface area contributed by atoms with E-state index in [0.29, 0.717) is 5.69 Å². The monoisotopic (exact) mass is 622 g/mol. The molecule has 12 heteroatoms. The van der Waals surface area contributed by atoms with Gasteiger partial charge in [0.25, 0.3) is 5.69 Å². The van der Waals surface area contributed by atoms with Crippen molar-refractivity contribution in [3.63, 3.8) is 0 Å². The fourth-order valence-corrected chi connectivity index (χ4v) is 5.10. The molecule has 0 aliphatic heterocycles. The minimum absolute atomic E-state index is 0.0447. The van der Waals surface area contributed by atoms with Crippen molar-refractivity contribution >= 4 is 33.2 Å². The van der Waals surface area contributed by atoms with Gasteiger partial charge in [-0.25, -0.2) is 0 Å². The van der Waals surface area contributed by atoms with Crippen LogP contribution in [0.1, 0.15) is 39.1 Å². The average Bonchev–Trinajstić information content (AvgIpc) is 3.56. The van der Waals surface area contributed by atoms with Crippen LogP contribution in [0.2, 0.25) is 0 Å². The molecule has 0 saturated heterocycles. The first-order valence-corrected chi connectivity index (χ1v) is 14.6.